The summed E-state index contributed by atoms with van der Waals surface area (Å²) in [6.07, 6.45) is 3.07. The molecule has 122 valence electrons. The van der Waals surface area contributed by atoms with Crippen molar-refractivity contribution in [3.63, 3.8) is 0 Å². The van der Waals surface area contributed by atoms with Gasteiger partial charge in [-0.15, -0.1) is 0 Å². The van der Waals surface area contributed by atoms with Gasteiger partial charge in [0, 0.05) is 18.7 Å². The maximum Gasteiger partial charge on any atom is 0.225 e. The highest BCUT2D eigenvalue weighted by Gasteiger charge is 2.06. The third kappa shape index (κ3) is 4.56. The van der Waals surface area contributed by atoms with Gasteiger partial charge in [0.25, 0.3) is 0 Å². The van der Waals surface area contributed by atoms with E-state index in [0.717, 1.165) is 12.0 Å². The van der Waals surface area contributed by atoms with Gasteiger partial charge in [-0.3, -0.25) is 9.48 Å². The standard InChI is InChI=1S/C20H21N3O/c1-16-7-9-18(10-8-16)15-23-14-13-19(22-23)21-20(24)12-11-17-5-3-2-4-6-17/h2-10,13-14H,11-12,15H2,1H3,(H,21,22,24). The lowest BCUT2D eigenvalue weighted by atomic mass is 10.1. The van der Waals surface area contributed by atoms with Crippen molar-refractivity contribution in [2.24, 2.45) is 0 Å². The summed E-state index contributed by atoms with van der Waals surface area (Å²) in [6, 6.07) is 20.2. The molecule has 1 heterocycles. The Morgan fingerprint density at radius 3 is 2.50 bits per heavy atom. The number of hydrogen-bond donors (Lipinski definition) is 1. The summed E-state index contributed by atoms with van der Waals surface area (Å²) in [6.45, 7) is 2.76. The second-order valence-electron chi connectivity index (χ2n) is 5.92. The van der Waals surface area contributed by atoms with Crippen molar-refractivity contribution < 1.29 is 4.79 Å². The number of carbonyl (C=O) groups excluding carboxylic acids is 1. The zero-order chi connectivity index (χ0) is 16.8. The summed E-state index contributed by atoms with van der Waals surface area (Å²) < 4.78 is 1.83. The van der Waals surface area contributed by atoms with Crippen LogP contribution in [0.5, 0.6) is 0 Å². The number of benzene rings is 2. The first-order valence-electron chi connectivity index (χ1n) is 8.12. The number of amides is 1. The minimum Gasteiger partial charge on any atom is -0.309 e. The van der Waals surface area contributed by atoms with E-state index in [4.69, 9.17) is 0 Å². The monoisotopic (exact) mass is 319 g/mol. The Hall–Kier alpha value is -2.88. The fourth-order valence-electron chi connectivity index (χ4n) is 2.50. The minimum absolute atomic E-state index is 0.0144. The Balaban J connectivity index is 1.51. The minimum atomic E-state index is -0.0144. The molecule has 1 amide bonds. The molecule has 3 aromatic rings. The Kier molecular flexibility index (Phi) is 5.06. The molecule has 0 unspecified atom stereocenters. The molecule has 0 fully saturated rings. The van der Waals surface area contributed by atoms with Gasteiger partial charge in [0.15, 0.2) is 5.82 Å². The molecule has 1 aromatic heterocycles. The molecule has 0 saturated carbocycles. The molecule has 4 nitrogen and oxygen atoms in total. The number of nitrogens with one attached hydrogen (secondary N) is 1. The lowest BCUT2D eigenvalue weighted by molar-refractivity contribution is -0.116. The molecular formula is C20H21N3O. The first-order valence-corrected chi connectivity index (χ1v) is 8.12. The van der Waals surface area contributed by atoms with Gasteiger partial charge in [0.05, 0.1) is 6.54 Å². The van der Waals surface area contributed by atoms with Gasteiger partial charge in [-0.25, -0.2) is 0 Å². The van der Waals surface area contributed by atoms with E-state index in [1.165, 1.54) is 11.1 Å². The van der Waals surface area contributed by atoms with Crippen LogP contribution in [0.1, 0.15) is 23.1 Å². The molecule has 0 aliphatic carbocycles. The van der Waals surface area contributed by atoms with Crippen molar-refractivity contribution in [2.45, 2.75) is 26.3 Å². The molecule has 0 radical (unpaired) electrons. The normalized spacial score (nSPS) is 10.5. The van der Waals surface area contributed by atoms with E-state index in [-0.39, 0.29) is 5.91 Å². The van der Waals surface area contributed by atoms with Crippen molar-refractivity contribution in [3.8, 4) is 0 Å². The fourth-order valence-corrected chi connectivity index (χ4v) is 2.50. The molecular weight excluding hydrogens is 298 g/mol. The first-order chi connectivity index (χ1) is 11.7. The highest BCUT2D eigenvalue weighted by molar-refractivity contribution is 5.89. The largest absolute Gasteiger partial charge is 0.309 e. The zero-order valence-corrected chi connectivity index (χ0v) is 13.8. The molecule has 0 aliphatic heterocycles. The summed E-state index contributed by atoms with van der Waals surface area (Å²) in [5.74, 6) is 0.583. The quantitative estimate of drug-likeness (QED) is 0.751. The molecule has 4 heteroatoms. The van der Waals surface area contributed by atoms with Gasteiger partial charge < -0.3 is 5.32 Å². The lowest BCUT2D eigenvalue weighted by Gasteiger charge is -2.04. The molecule has 2 aromatic carbocycles. The third-order valence-corrected chi connectivity index (χ3v) is 3.86. The summed E-state index contributed by atoms with van der Waals surface area (Å²) >= 11 is 0. The highest BCUT2D eigenvalue weighted by Crippen LogP contribution is 2.09. The number of anilines is 1. The van der Waals surface area contributed by atoms with E-state index < -0.39 is 0 Å². The summed E-state index contributed by atoms with van der Waals surface area (Å²) in [5.41, 5.74) is 3.59. The van der Waals surface area contributed by atoms with E-state index in [9.17, 15) is 4.79 Å². The molecule has 3 rings (SSSR count). The number of hydrogen-bond acceptors (Lipinski definition) is 2. The van der Waals surface area contributed by atoms with Gasteiger partial charge in [-0.2, -0.15) is 5.10 Å². The van der Waals surface area contributed by atoms with Crippen LogP contribution in [0.4, 0.5) is 5.82 Å². The van der Waals surface area contributed by atoms with E-state index in [2.05, 4.69) is 41.6 Å². The number of nitrogens with zero attached hydrogens (tertiary/aromatic N) is 2. The van der Waals surface area contributed by atoms with Gasteiger partial charge in [0.2, 0.25) is 5.91 Å². The molecule has 24 heavy (non-hydrogen) atoms. The van der Waals surface area contributed by atoms with Crippen molar-refractivity contribution in [1.82, 2.24) is 9.78 Å². The zero-order valence-electron chi connectivity index (χ0n) is 13.8. The molecule has 0 aliphatic rings. The van der Waals surface area contributed by atoms with E-state index in [1.54, 1.807) is 0 Å². The Morgan fingerprint density at radius 1 is 1.00 bits per heavy atom. The first kappa shape index (κ1) is 16.0. The fraction of sp³-hybridized carbons (Fsp3) is 0.200. The SMILES string of the molecule is Cc1ccc(Cn2ccc(NC(=O)CCc3ccccc3)n2)cc1. The van der Waals surface area contributed by atoms with Crippen LogP contribution >= 0.6 is 0 Å². The summed E-state index contributed by atoms with van der Waals surface area (Å²) in [4.78, 5) is 12.0. The van der Waals surface area contributed by atoms with Gasteiger partial charge in [-0.1, -0.05) is 60.2 Å². The van der Waals surface area contributed by atoms with Gasteiger partial charge >= 0.3 is 0 Å². The van der Waals surface area contributed by atoms with Crippen molar-refractivity contribution in [1.29, 1.82) is 0 Å². The second kappa shape index (κ2) is 7.59. The van der Waals surface area contributed by atoms with Crippen LogP contribution in [0.15, 0.2) is 66.9 Å². The lowest BCUT2D eigenvalue weighted by Crippen LogP contribution is -2.13. The summed E-state index contributed by atoms with van der Waals surface area (Å²) in [5, 5.41) is 7.26. The number of rotatable bonds is 6. The summed E-state index contributed by atoms with van der Waals surface area (Å²) in [7, 11) is 0. The van der Waals surface area contributed by atoms with Crippen molar-refractivity contribution >= 4 is 11.7 Å². The molecule has 1 N–H and O–H groups in total. The van der Waals surface area contributed by atoms with Crippen LogP contribution in [0.25, 0.3) is 0 Å². The van der Waals surface area contributed by atoms with Gasteiger partial charge in [0.1, 0.15) is 0 Å². The smallest absolute Gasteiger partial charge is 0.225 e. The van der Waals surface area contributed by atoms with Gasteiger partial charge in [-0.05, 0) is 24.5 Å². The molecule has 0 atom stereocenters. The van der Waals surface area contributed by atoms with Crippen LogP contribution in [-0.2, 0) is 17.8 Å². The van der Waals surface area contributed by atoms with Crippen LogP contribution < -0.4 is 5.32 Å². The maximum atomic E-state index is 12.0. The Bertz CT molecular complexity index is 791. The topological polar surface area (TPSA) is 46.9 Å². The number of aromatic nitrogens is 2. The predicted octanol–water partition coefficient (Wildman–Crippen LogP) is 3.81. The number of aryl methyl sites for hydroxylation is 2. The average molecular weight is 319 g/mol. The van der Waals surface area contributed by atoms with Crippen LogP contribution in [-0.4, -0.2) is 15.7 Å². The van der Waals surface area contributed by atoms with E-state index in [0.29, 0.717) is 18.8 Å². The Labute approximate surface area is 142 Å². The average Bonchev–Trinajstić information content (AvgIpc) is 3.03. The maximum absolute atomic E-state index is 12.0. The van der Waals surface area contributed by atoms with Crippen LogP contribution in [0.3, 0.4) is 0 Å². The van der Waals surface area contributed by atoms with Crippen LogP contribution in [0, 0.1) is 6.92 Å². The van der Waals surface area contributed by atoms with Crippen molar-refractivity contribution in [2.75, 3.05) is 5.32 Å². The highest BCUT2D eigenvalue weighted by atomic mass is 16.1. The molecule has 0 bridgehead atoms. The molecule has 0 spiro atoms. The number of carbonyl (C=O) groups is 1. The second-order valence-corrected chi connectivity index (χ2v) is 5.92. The predicted molar refractivity (Wildman–Crippen MR) is 95.9 cm³/mol. The third-order valence-electron chi connectivity index (χ3n) is 3.86. The molecule has 0 saturated heterocycles. The Morgan fingerprint density at radius 2 is 1.75 bits per heavy atom. The van der Waals surface area contributed by atoms with E-state index in [1.807, 2.05) is 47.3 Å². The van der Waals surface area contributed by atoms with Crippen LogP contribution in [0.2, 0.25) is 0 Å². The van der Waals surface area contributed by atoms with E-state index >= 15 is 0 Å². The van der Waals surface area contributed by atoms with Crippen molar-refractivity contribution in [3.05, 3.63) is 83.6 Å².